The summed E-state index contributed by atoms with van der Waals surface area (Å²) in [5, 5.41) is 13.6. The van der Waals surface area contributed by atoms with Gasteiger partial charge >= 0.3 is 0 Å². The number of hydrogen-bond donors (Lipinski definition) is 2. The number of nitrogens with zero attached hydrogens (tertiary/aromatic N) is 2. The quantitative estimate of drug-likeness (QED) is 0.285. The Balaban J connectivity index is 1.71. The lowest BCUT2D eigenvalue weighted by atomic mass is 9.94. The van der Waals surface area contributed by atoms with E-state index in [2.05, 4.69) is 46.3 Å². The zero-order valence-electron chi connectivity index (χ0n) is 19.7. The summed E-state index contributed by atoms with van der Waals surface area (Å²) < 4.78 is 0. The highest BCUT2D eigenvalue weighted by Crippen LogP contribution is 2.29. The van der Waals surface area contributed by atoms with Crippen molar-refractivity contribution < 1.29 is 4.79 Å². The van der Waals surface area contributed by atoms with Gasteiger partial charge in [-0.2, -0.15) is 10.0 Å². The molecule has 0 atom stereocenters. The number of benzene rings is 1. The maximum absolute atomic E-state index is 13.0. The number of aromatic amines is 1. The van der Waals surface area contributed by atoms with Gasteiger partial charge in [0.2, 0.25) is 5.91 Å². The summed E-state index contributed by atoms with van der Waals surface area (Å²) in [7, 11) is 0. The number of carbonyl (C=O) groups excluding carboxylic acids is 1. The number of amides is 1. The van der Waals surface area contributed by atoms with Crippen molar-refractivity contribution in [1.29, 1.82) is 0 Å². The Kier molecular flexibility index (Phi) is 9.52. The monoisotopic (exact) mass is 456 g/mol. The Labute approximate surface area is 201 Å². The average Bonchev–Trinajstić information content (AvgIpc) is 3.35. The average molecular weight is 457 g/mol. The van der Waals surface area contributed by atoms with Gasteiger partial charge in [-0.3, -0.25) is 9.89 Å². The standard InChI is InChI=1S/C28H32N4O2/c1-3-5-6-10-21(9-4-2)17-18-29-28(33)25-12-8-7-11-24(25)27-19-26(31-32-27)23-15-13-22(14-16-23)20-30-34/h3,5-7,10-11,13-16,19H,1,4,8-9,12,17-18,20H2,2H3,(H,29,33)(H,31,32)/b6-5-,21-10+. The van der Waals surface area contributed by atoms with Gasteiger partial charge < -0.3 is 5.32 Å². The number of nitroso groups, excluding NO2 is 1. The van der Waals surface area contributed by atoms with Crippen molar-refractivity contribution in [3.63, 3.8) is 0 Å². The molecule has 0 bridgehead atoms. The Morgan fingerprint density at radius 3 is 2.79 bits per heavy atom. The largest absolute Gasteiger partial charge is 0.352 e. The SMILES string of the molecule is C=C/C=C\C=C(/CCC)CCNC(=O)C1=C(c2cc(-c3ccc(CN=O)cc3)[nH]n2)C=CCC1. The second kappa shape index (κ2) is 13.0. The van der Waals surface area contributed by atoms with E-state index in [0.717, 1.165) is 59.3 Å². The van der Waals surface area contributed by atoms with Gasteiger partial charge in [0.15, 0.2) is 0 Å². The second-order valence-electron chi connectivity index (χ2n) is 8.19. The smallest absolute Gasteiger partial charge is 0.247 e. The summed E-state index contributed by atoms with van der Waals surface area (Å²) >= 11 is 0. The fraction of sp³-hybridized carbons (Fsp3) is 0.286. The molecule has 0 unspecified atom stereocenters. The number of allylic oxidation sites excluding steroid dienone is 7. The van der Waals surface area contributed by atoms with Crippen LogP contribution in [-0.2, 0) is 11.3 Å². The van der Waals surface area contributed by atoms with Crippen LogP contribution in [0.15, 0.2) is 89.7 Å². The molecule has 1 aromatic heterocycles. The number of aromatic nitrogens is 2. The van der Waals surface area contributed by atoms with Crippen LogP contribution in [0.25, 0.3) is 16.8 Å². The predicted octanol–water partition coefficient (Wildman–Crippen LogP) is 6.42. The lowest BCUT2D eigenvalue weighted by Crippen LogP contribution is -2.27. The minimum Gasteiger partial charge on any atom is -0.352 e. The van der Waals surface area contributed by atoms with E-state index < -0.39 is 0 Å². The first-order valence-electron chi connectivity index (χ1n) is 11.8. The first-order chi connectivity index (χ1) is 16.7. The highest BCUT2D eigenvalue weighted by molar-refractivity contribution is 6.03. The van der Waals surface area contributed by atoms with Gasteiger partial charge in [0, 0.05) is 17.7 Å². The molecule has 0 fully saturated rings. The number of nitrogens with one attached hydrogen (secondary N) is 2. The van der Waals surface area contributed by atoms with Crippen LogP contribution in [-0.4, -0.2) is 22.6 Å². The molecule has 1 aliphatic carbocycles. The summed E-state index contributed by atoms with van der Waals surface area (Å²) in [4.78, 5) is 23.5. The summed E-state index contributed by atoms with van der Waals surface area (Å²) in [6.45, 7) is 6.61. The molecule has 2 aromatic rings. The van der Waals surface area contributed by atoms with Gasteiger partial charge in [-0.05, 0) is 42.9 Å². The van der Waals surface area contributed by atoms with Crippen LogP contribution in [0.2, 0.25) is 0 Å². The van der Waals surface area contributed by atoms with Crippen molar-refractivity contribution in [2.45, 2.75) is 45.6 Å². The molecule has 34 heavy (non-hydrogen) atoms. The molecule has 2 N–H and O–H groups in total. The number of hydrogen-bond acceptors (Lipinski definition) is 4. The fourth-order valence-corrected chi connectivity index (χ4v) is 3.94. The van der Waals surface area contributed by atoms with Crippen molar-refractivity contribution in [3.05, 3.63) is 101 Å². The first-order valence-corrected chi connectivity index (χ1v) is 11.8. The molecule has 0 saturated heterocycles. The van der Waals surface area contributed by atoms with Crippen LogP contribution >= 0.6 is 0 Å². The van der Waals surface area contributed by atoms with E-state index >= 15 is 0 Å². The molecular formula is C28H32N4O2. The third-order valence-corrected chi connectivity index (χ3v) is 5.69. The first kappa shape index (κ1) is 24.8. The van der Waals surface area contributed by atoms with Gasteiger partial charge in [0.25, 0.3) is 0 Å². The molecule has 1 aromatic carbocycles. The summed E-state index contributed by atoms with van der Waals surface area (Å²) in [5.41, 5.74) is 6.35. The molecule has 176 valence electrons. The van der Waals surface area contributed by atoms with Crippen LogP contribution in [0.3, 0.4) is 0 Å². The molecule has 0 aliphatic heterocycles. The number of rotatable bonds is 12. The van der Waals surface area contributed by atoms with Crippen LogP contribution in [0.1, 0.15) is 50.3 Å². The van der Waals surface area contributed by atoms with E-state index in [1.54, 1.807) is 6.08 Å². The van der Waals surface area contributed by atoms with Crippen molar-refractivity contribution in [1.82, 2.24) is 15.5 Å². The molecule has 0 radical (unpaired) electrons. The van der Waals surface area contributed by atoms with E-state index in [9.17, 15) is 9.70 Å². The maximum Gasteiger partial charge on any atom is 0.247 e. The Bertz CT molecular complexity index is 1120. The zero-order valence-corrected chi connectivity index (χ0v) is 19.7. The van der Waals surface area contributed by atoms with E-state index in [1.807, 2.05) is 48.6 Å². The van der Waals surface area contributed by atoms with Crippen molar-refractivity contribution in [2.75, 3.05) is 6.54 Å². The van der Waals surface area contributed by atoms with E-state index in [1.165, 1.54) is 5.57 Å². The Morgan fingerprint density at radius 1 is 1.24 bits per heavy atom. The second-order valence-corrected chi connectivity index (χ2v) is 8.19. The molecule has 6 nitrogen and oxygen atoms in total. The maximum atomic E-state index is 13.0. The Morgan fingerprint density at radius 2 is 2.06 bits per heavy atom. The summed E-state index contributed by atoms with van der Waals surface area (Å²) in [6, 6.07) is 9.58. The van der Waals surface area contributed by atoms with E-state index in [0.29, 0.717) is 13.0 Å². The van der Waals surface area contributed by atoms with E-state index in [-0.39, 0.29) is 12.5 Å². The van der Waals surface area contributed by atoms with Crippen LogP contribution in [0, 0.1) is 4.91 Å². The van der Waals surface area contributed by atoms with Gasteiger partial charge in [0.1, 0.15) is 6.54 Å². The molecule has 1 amide bonds. The lowest BCUT2D eigenvalue weighted by molar-refractivity contribution is -0.117. The highest BCUT2D eigenvalue weighted by atomic mass is 16.3. The number of carbonyl (C=O) groups is 1. The highest BCUT2D eigenvalue weighted by Gasteiger charge is 2.19. The fourth-order valence-electron chi connectivity index (χ4n) is 3.94. The number of H-pyrrole nitrogens is 1. The van der Waals surface area contributed by atoms with Gasteiger partial charge in [-0.15, -0.1) is 0 Å². The summed E-state index contributed by atoms with van der Waals surface area (Å²) in [6.07, 6.45) is 16.3. The van der Waals surface area contributed by atoms with E-state index in [4.69, 9.17) is 0 Å². The van der Waals surface area contributed by atoms with Crippen LogP contribution in [0.4, 0.5) is 0 Å². The van der Waals surface area contributed by atoms with Crippen LogP contribution in [0.5, 0.6) is 0 Å². The topological polar surface area (TPSA) is 87.2 Å². The molecule has 0 spiro atoms. The van der Waals surface area contributed by atoms with Crippen molar-refractivity contribution in [2.24, 2.45) is 5.18 Å². The molecule has 1 aliphatic rings. The zero-order chi connectivity index (χ0) is 24.2. The minimum absolute atomic E-state index is 0.0351. The molecule has 1 heterocycles. The van der Waals surface area contributed by atoms with Gasteiger partial charge in [-0.1, -0.05) is 91.4 Å². The third-order valence-electron chi connectivity index (χ3n) is 5.69. The summed E-state index contributed by atoms with van der Waals surface area (Å²) in [5.74, 6) is -0.0351. The van der Waals surface area contributed by atoms with Crippen molar-refractivity contribution >= 4 is 11.5 Å². The lowest BCUT2D eigenvalue weighted by Gasteiger charge is -2.15. The molecule has 6 heteroatoms. The predicted molar refractivity (Wildman–Crippen MR) is 139 cm³/mol. The van der Waals surface area contributed by atoms with Gasteiger partial charge in [-0.25, -0.2) is 0 Å². The molecular weight excluding hydrogens is 424 g/mol. The third kappa shape index (κ3) is 6.85. The minimum atomic E-state index is -0.0351. The van der Waals surface area contributed by atoms with Gasteiger partial charge in [0.05, 0.1) is 11.4 Å². The normalized spacial score (nSPS) is 14.0. The van der Waals surface area contributed by atoms with Crippen molar-refractivity contribution in [3.8, 4) is 11.3 Å². The van der Waals surface area contributed by atoms with Crippen LogP contribution < -0.4 is 5.32 Å². The molecule has 0 saturated carbocycles. The Hall–Kier alpha value is -3.80. The molecule has 3 rings (SSSR count).